The highest BCUT2D eigenvalue weighted by molar-refractivity contribution is 5.90. The maximum Gasteiger partial charge on any atom is 0.259 e. The lowest BCUT2D eigenvalue weighted by molar-refractivity contribution is -0.146. The Kier molecular flexibility index (Phi) is 18.4. The molecule has 0 saturated carbocycles. The van der Waals surface area contributed by atoms with Gasteiger partial charge in [0.25, 0.3) is 23.6 Å². The zero-order valence-corrected chi connectivity index (χ0v) is 43.0. The molecule has 4 aromatic heterocycles. The molecule has 2 amide bonds. The number of nitrogens with zero attached hydrogens (tertiary/aromatic N) is 8. The van der Waals surface area contributed by atoms with Gasteiger partial charge in [0.1, 0.15) is 48.6 Å². The summed E-state index contributed by atoms with van der Waals surface area (Å²) in [5.74, 6) is 2.10. The van der Waals surface area contributed by atoms with Gasteiger partial charge in [0.05, 0.1) is 11.1 Å². The van der Waals surface area contributed by atoms with E-state index in [2.05, 4.69) is 78.4 Å². The Labute approximate surface area is 419 Å². The van der Waals surface area contributed by atoms with Gasteiger partial charge in [-0.15, -0.1) is 0 Å². The molecule has 0 spiro atoms. The van der Waals surface area contributed by atoms with Crippen molar-refractivity contribution in [3.8, 4) is 57.2 Å². The largest absolute Gasteiger partial charge is 0.490 e. The fourth-order valence-electron chi connectivity index (χ4n) is 8.05. The molecule has 386 valence electrons. The summed E-state index contributed by atoms with van der Waals surface area (Å²) in [7, 11) is 1.99. The van der Waals surface area contributed by atoms with Crippen molar-refractivity contribution in [2.75, 3.05) is 56.2 Å². The molecule has 0 bridgehead atoms. The fourth-order valence-corrected chi connectivity index (χ4v) is 8.05. The highest BCUT2D eigenvalue weighted by Crippen LogP contribution is 2.34. The van der Waals surface area contributed by atoms with Crippen LogP contribution in [0.4, 0.5) is 11.6 Å². The molecule has 4 heterocycles. The van der Waals surface area contributed by atoms with Gasteiger partial charge in [-0.2, -0.15) is 9.97 Å². The van der Waals surface area contributed by atoms with Crippen molar-refractivity contribution in [3.63, 3.8) is 0 Å². The second-order valence-electron chi connectivity index (χ2n) is 18.0. The number of carbonyl (C=O) groups is 2. The van der Waals surface area contributed by atoms with Crippen LogP contribution in [0.25, 0.3) is 45.7 Å². The molecular weight excluding hydrogens is 925 g/mol. The number of hydrogen-bond donors (Lipinski definition) is 6. The molecule has 0 aliphatic heterocycles. The van der Waals surface area contributed by atoms with E-state index in [4.69, 9.17) is 18.5 Å². The number of aryl methyl sites for hydroxylation is 6. The summed E-state index contributed by atoms with van der Waals surface area (Å²) in [6.45, 7) is 20.5. The smallest absolute Gasteiger partial charge is 0.259 e. The summed E-state index contributed by atoms with van der Waals surface area (Å²) in [5, 5.41) is 55.5. The predicted molar refractivity (Wildman–Crippen MR) is 272 cm³/mol. The molecule has 0 saturated heterocycles. The zero-order chi connectivity index (χ0) is 52.4. The molecule has 2 aromatic carbocycles. The molecule has 6 N–H and O–H groups in total. The molecule has 0 aliphatic carbocycles. The number of pyridine rings is 2. The van der Waals surface area contributed by atoms with Gasteiger partial charge < -0.3 is 59.4 Å². The lowest BCUT2D eigenvalue weighted by Crippen LogP contribution is -2.52. The number of ether oxygens (including phenoxy) is 2. The Morgan fingerprint density at radius 2 is 1.01 bits per heavy atom. The van der Waals surface area contributed by atoms with Crippen molar-refractivity contribution in [1.29, 1.82) is 0 Å². The number of rotatable bonds is 24. The molecular formula is C52H68N10O10. The van der Waals surface area contributed by atoms with Crippen molar-refractivity contribution in [3.05, 3.63) is 82.2 Å². The van der Waals surface area contributed by atoms with E-state index in [0.29, 0.717) is 70.0 Å². The van der Waals surface area contributed by atoms with Crippen molar-refractivity contribution in [2.24, 2.45) is 0 Å². The number of hydrogen-bond acceptors (Lipinski definition) is 18. The molecule has 0 aliphatic rings. The van der Waals surface area contributed by atoms with Crippen LogP contribution < -0.4 is 29.9 Å². The van der Waals surface area contributed by atoms with Crippen LogP contribution in [-0.4, -0.2) is 139 Å². The van der Waals surface area contributed by atoms with Gasteiger partial charge in [-0.25, -0.2) is 9.97 Å². The van der Waals surface area contributed by atoms with Crippen LogP contribution in [0.5, 0.6) is 11.5 Å². The van der Waals surface area contributed by atoms with Gasteiger partial charge >= 0.3 is 0 Å². The van der Waals surface area contributed by atoms with Gasteiger partial charge in [0.2, 0.25) is 11.6 Å². The van der Waals surface area contributed by atoms with Crippen LogP contribution >= 0.6 is 0 Å². The Balaban J connectivity index is 0.951. The van der Waals surface area contributed by atoms with Crippen LogP contribution in [0, 0.1) is 27.7 Å². The monoisotopic (exact) mass is 993 g/mol. The highest BCUT2D eigenvalue weighted by atomic mass is 16.5. The first-order valence-electron chi connectivity index (χ1n) is 24.3. The predicted octanol–water partition coefficient (Wildman–Crippen LogP) is 5.09. The van der Waals surface area contributed by atoms with Crippen molar-refractivity contribution < 1.29 is 48.5 Å². The Hall–Kier alpha value is -7.00. The molecule has 0 fully saturated rings. The van der Waals surface area contributed by atoms with Crippen LogP contribution in [0.1, 0.15) is 74.9 Å². The number of aliphatic hydroxyl groups is 4. The Morgan fingerprint density at radius 3 is 1.39 bits per heavy atom. The van der Waals surface area contributed by atoms with Crippen molar-refractivity contribution >= 4 is 23.5 Å². The quantitative estimate of drug-likeness (QED) is 0.0461. The van der Waals surface area contributed by atoms with Crippen molar-refractivity contribution in [2.45, 2.75) is 113 Å². The summed E-state index contributed by atoms with van der Waals surface area (Å²) >= 11 is 0. The number of aromatic nitrogens is 6. The number of anilines is 2. The van der Waals surface area contributed by atoms with Gasteiger partial charge in [-0.05, 0) is 138 Å². The molecule has 72 heavy (non-hydrogen) atoms. The summed E-state index contributed by atoms with van der Waals surface area (Å²) in [6.07, 6.45) is -2.19. The van der Waals surface area contributed by atoms with E-state index in [1.54, 1.807) is 12.4 Å². The van der Waals surface area contributed by atoms with E-state index >= 15 is 0 Å². The minimum Gasteiger partial charge on any atom is -0.490 e. The van der Waals surface area contributed by atoms with Crippen LogP contribution in [0.3, 0.4) is 0 Å². The second kappa shape index (κ2) is 24.4. The van der Waals surface area contributed by atoms with Crippen molar-refractivity contribution in [1.82, 2.24) is 40.9 Å². The molecule has 6 rings (SSSR count). The maximum atomic E-state index is 12.7. The van der Waals surface area contributed by atoms with Crippen LogP contribution in [0.15, 0.2) is 57.8 Å². The third kappa shape index (κ3) is 12.9. The Morgan fingerprint density at radius 1 is 0.611 bits per heavy atom. The third-order valence-corrected chi connectivity index (χ3v) is 12.3. The van der Waals surface area contributed by atoms with Gasteiger partial charge in [0, 0.05) is 62.8 Å². The zero-order valence-electron chi connectivity index (χ0n) is 43.0. The second-order valence-corrected chi connectivity index (χ2v) is 18.0. The fraction of sp³-hybridized carbons (Fsp3) is 0.462. The van der Waals surface area contributed by atoms with Gasteiger partial charge in [0.15, 0.2) is 12.2 Å². The first-order chi connectivity index (χ1) is 34.4. The standard InChI is InChI=1S/C52H68N10O10/c1-12-33-20-35(45-57-51(71-59-45)37-18-31(9)47(53-22-37)61(11)28(5)6)16-29(7)43(33)69-26-39(63)24-55-49(67)41(65)42(66)50(68)56-25-40(64)27-70-44-30(8)17-36(21-34(44)13-2)46-58-52(72-60-46)38-19-32(10)48(54-23-38)62(14-3)15-4/h16-23,28,39-42,63-66H,12-15,24-27H2,1-11H3,(H,55,67)(H,56,68). The number of nitrogens with one attached hydrogen (secondary N) is 2. The first-order valence-corrected chi connectivity index (χ1v) is 24.3. The summed E-state index contributed by atoms with van der Waals surface area (Å²) < 4.78 is 23.2. The topological polar surface area (TPSA) is 268 Å². The van der Waals surface area contributed by atoms with E-state index in [1.807, 2.05) is 85.0 Å². The minimum absolute atomic E-state index is 0.220. The minimum atomic E-state index is -2.17. The Bertz CT molecular complexity index is 2630. The lowest BCUT2D eigenvalue weighted by Gasteiger charge is -2.24. The van der Waals surface area contributed by atoms with E-state index in [1.165, 1.54) is 0 Å². The number of carbonyl (C=O) groups excluding carboxylic acids is 2. The maximum absolute atomic E-state index is 12.7. The SMILES string of the molecule is CCc1cc(-c2noc(-c3cnc(N(CC)CC)c(C)c3)n2)cc(C)c1OCC(O)CNC(=O)C(O)C(O)C(=O)NCC(O)COc1c(C)cc(-c2noc(-c3cnc(N(C)C(C)C)c(C)c3)n2)cc1CC. The number of benzene rings is 2. The molecule has 20 nitrogen and oxygen atoms in total. The lowest BCUT2D eigenvalue weighted by atomic mass is 10.0. The van der Waals surface area contributed by atoms with Crippen LogP contribution in [-0.2, 0) is 22.4 Å². The first kappa shape index (κ1) is 54.3. The average Bonchev–Trinajstić information content (AvgIpc) is 4.08. The van der Waals surface area contributed by atoms with Gasteiger partial charge in [-0.1, -0.05) is 24.2 Å². The van der Waals surface area contributed by atoms with E-state index in [9.17, 15) is 30.0 Å². The number of amides is 2. The van der Waals surface area contributed by atoms with E-state index in [0.717, 1.165) is 58.1 Å². The number of aliphatic hydroxyl groups excluding tert-OH is 4. The summed E-state index contributed by atoms with van der Waals surface area (Å²) in [5.41, 5.74) is 7.94. The molecule has 6 aromatic rings. The normalized spacial score (nSPS) is 13.1. The molecule has 20 heteroatoms. The van der Waals surface area contributed by atoms with Crippen LogP contribution in [0.2, 0.25) is 0 Å². The third-order valence-electron chi connectivity index (χ3n) is 12.3. The average molecular weight is 993 g/mol. The molecule has 0 radical (unpaired) electrons. The summed E-state index contributed by atoms with van der Waals surface area (Å²) in [4.78, 5) is 48.3. The van der Waals surface area contributed by atoms with E-state index < -0.39 is 36.2 Å². The summed E-state index contributed by atoms with van der Waals surface area (Å²) in [6, 6.07) is 11.7. The van der Waals surface area contributed by atoms with Gasteiger partial charge in [-0.3, -0.25) is 9.59 Å². The molecule has 4 unspecified atom stereocenters. The van der Waals surface area contributed by atoms with E-state index in [-0.39, 0.29) is 32.3 Å². The molecule has 4 atom stereocenters. The highest BCUT2D eigenvalue weighted by Gasteiger charge is 2.31.